The number of ether oxygens (including phenoxy) is 1. The average Bonchev–Trinajstić information content (AvgIpc) is 3.54. The highest BCUT2D eigenvalue weighted by atomic mass is 19.1. The van der Waals surface area contributed by atoms with Crippen molar-refractivity contribution in [2.45, 2.75) is 49.9 Å². The second-order valence-electron chi connectivity index (χ2n) is 12.0. The van der Waals surface area contributed by atoms with Gasteiger partial charge in [-0.25, -0.2) is 4.39 Å². The van der Waals surface area contributed by atoms with Crippen LogP contribution in [0.1, 0.15) is 36.3 Å². The lowest BCUT2D eigenvalue weighted by molar-refractivity contribution is -0.128. The molecular formula is C32H34FN7O2. The molecule has 2 unspecified atom stereocenters. The number of halogens is 1. The van der Waals surface area contributed by atoms with Crippen LogP contribution >= 0.6 is 0 Å². The van der Waals surface area contributed by atoms with Crippen molar-refractivity contribution in [2.24, 2.45) is 5.92 Å². The molecule has 0 spiro atoms. The molecule has 0 bridgehead atoms. The number of hydrogen-bond acceptors (Lipinski definition) is 8. The number of alkyl halides is 1. The summed E-state index contributed by atoms with van der Waals surface area (Å²) in [5.74, 6) is 1.84. The number of likely N-dealkylation sites (N-methyl/N-ethyl adjacent to an activating group) is 1. The number of nitriles is 1. The zero-order valence-corrected chi connectivity index (χ0v) is 23.7. The second-order valence-corrected chi connectivity index (χ2v) is 12.0. The van der Waals surface area contributed by atoms with Crippen molar-refractivity contribution in [1.29, 1.82) is 5.26 Å². The van der Waals surface area contributed by atoms with Crippen molar-refractivity contribution in [2.75, 3.05) is 44.7 Å². The summed E-state index contributed by atoms with van der Waals surface area (Å²) in [6.07, 6.45) is 5.35. The van der Waals surface area contributed by atoms with E-state index in [-0.39, 0.29) is 37.0 Å². The molecule has 3 fully saturated rings. The maximum atomic E-state index is 14.0. The van der Waals surface area contributed by atoms with E-state index < -0.39 is 6.17 Å². The highest BCUT2D eigenvalue weighted by molar-refractivity contribution is 5.90. The number of aromatic nitrogens is 3. The number of hydrogen-bond donors (Lipinski definition) is 0. The molecule has 0 radical (unpaired) electrons. The van der Waals surface area contributed by atoms with Gasteiger partial charge in [-0.2, -0.15) is 15.2 Å². The summed E-state index contributed by atoms with van der Waals surface area (Å²) in [6.45, 7) is 5.66. The average molecular weight is 568 g/mol. The van der Waals surface area contributed by atoms with Crippen LogP contribution in [0.2, 0.25) is 0 Å². The third-order valence-corrected chi connectivity index (χ3v) is 9.39. The summed E-state index contributed by atoms with van der Waals surface area (Å²) in [5, 5.41) is 9.48. The zero-order chi connectivity index (χ0) is 29.0. The Morgan fingerprint density at radius 2 is 2.12 bits per heavy atom. The number of nitrogens with zero attached hydrogens (tertiary/aromatic N) is 7. The molecule has 1 saturated carbocycles. The van der Waals surface area contributed by atoms with E-state index in [4.69, 9.17) is 19.7 Å². The van der Waals surface area contributed by atoms with Crippen LogP contribution in [0.5, 0.6) is 6.01 Å². The lowest BCUT2D eigenvalue weighted by atomic mass is 9.95. The van der Waals surface area contributed by atoms with Gasteiger partial charge in [-0.3, -0.25) is 14.7 Å². The van der Waals surface area contributed by atoms with E-state index in [1.807, 2.05) is 18.1 Å². The molecule has 1 amide bonds. The van der Waals surface area contributed by atoms with Crippen LogP contribution in [0.15, 0.2) is 43.1 Å². The Bertz CT molecular complexity index is 1610. The first kappa shape index (κ1) is 26.8. The second kappa shape index (κ2) is 10.6. The van der Waals surface area contributed by atoms with Gasteiger partial charge in [-0.1, -0.05) is 24.8 Å². The Labute approximate surface area is 244 Å². The number of carbonyl (C=O) groups excluding carboxylic acids is 1. The summed E-state index contributed by atoms with van der Waals surface area (Å²) < 4.78 is 20.1. The zero-order valence-electron chi connectivity index (χ0n) is 23.7. The molecule has 1 aromatic carbocycles. The van der Waals surface area contributed by atoms with Gasteiger partial charge in [-0.05, 0) is 67.0 Å². The molecule has 2 aliphatic carbocycles. The standard InChI is InChI=1S/C32H34FN7O2/c1-3-28(41)40-10-9-39(17-23(40)7-8-34)31-30-27(36-32(37-31)42-18-24-14-22(33)16-38(24)2)13-21(15-35-30)25-6-4-5-19-11-20-12-26(20)29(19)25/h3-6,13,15,20,22-24,26H,1,7,9-12,14,16-18H2,2H3/t20?,22-,23+,24+,26?/m1/s1. The monoisotopic (exact) mass is 567 g/mol. The Balaban J connectivity index is 1.26. The number of pyridine rings is 1. The van der Waals surface area contributed by atoms with Gasteiger partial charge in [0, 0.05) is 44.0 Å². The van der Waals surface area contributed by atoms with Gasteiger partial charge in [0.05, 0.1) is 24.0 Å². The summed E-state index contributed by atoms with van der Waals surface area (Å²) in [7, 11) is 1.90. The highest BCUT2D eigenvalue weighted by Crippen LogP contribution is 2.58. The van der Waals surface area contributed by atoms with Gasteiger partial charge in [0.2, 0.25) is 5.91 Å². The van der Waals surface area contributed by atoms with E-state index in [1.165, 1.54) is 29.2 Å². The van der Waals surface area contributed by atoms with Crippen molar-refractivity contribution < 1.29 is 13.9 Å². The fraction of sp³-hybridized carbons (Fsp3) is 0.469. The highest BCUT2D eigenvalue weighted by Gasteiger charge is 2.46. The number of anilines is 1. The minimum absolute atomic E-state index is 0.0564. The molecule has 4 aliphatic rings. The largest absolute Gasteiger partial charge is 0.462 e. The van der Waals surface area contributed by atoms with E-state index in [0.29, 0.717) is 55.4 Å². The number of rotatable bonds is 7. The van der Waals surface area contributed by atoms with Crippen LogP contribution in [0.4, 0.5) is 10.2 Å². The first-order chi connectivity index (χ1) is 20.4. The molecule has 0 N–H and O–H groups in total. The topological polar surface area (TPSA) is 98.5 Å². The Morgan fingerprint density at radius 3 is 2.90 bits per heavy atom. The number of benzene rings is 1. The molecule has 42 heavy (non-hydrogen) atoms. The van der Waals surface area contributed by atoms with E-state index in [0.717, 1.165) is 17.9 Å². The maximum Gasteiger partial charge on any atom is 0.319 e. The van der Waals surface area contributed by atoms with Gasteiger partial charge in [0.25, 0.3) is 0 Å². The molecule has 2 aliphatic heterocycles. The third-order valence-electron chi connectivity index (χ3n) is 9.39. The van der Waals surface area contributed by atoms with Crippen molar-refractivity contribution in [3.05, 3.63) is 54.2 Å². The Hall–Kier alpha value is -4.10. The lowest BCUT2D eigenvalue weighted by Crippen LogP contribution is -2.55. The smallest absolute Gasteiger partial charge is 0.319 e. The minimum atomic E-state index is -0.867. The summed E-state index contributed by atoms with van der Waals surface area (Å²) in [4.78, 5) is 32.7. The van der Waals surface area contributed by atoms with Crippen LogP contribution < -0.4 is 9.64 Å². The van der Waals surface area contributed by atoms with Crippen molar-refractivity contribution in [3.63, 3.8) is 0 Å². The number of carbonyl (C=O) groups is 1. The van der Waals surface area contributed by atoms with Crippen molar-refractivity contribution >= 4 is 22.8 Å². The predicted octanol–water partition coefficient (Wildman–Crippen LogP) is 3.89. The van der Waals surface area contributed by atoms with E-state index in [9.17, 15) is 14.4 Å². The molecule has 10 heteroatoms. The first-order valence-corrected chi connectivity index (χ1v) is 14.8. The molecule has 216 valence electrons. The fourth-order valence-electron chi connectivity index (χ4n) is 7.12. The van der Waals surface area contributed by atoms with Crippen LogP contribution in [-0.2, 0) is 11.2 Å². The fourth-order valence-corrected chi connectivity index (χ4v) is 7.12. The van der Waals surface area contributed by atoms with Crippen LogP contribution in [0.3, 0.4) is 0 Å². The van der Waals surface area contributed by atoms with Crippen LogP contribution in [-0.4, -0.2) is 88.7 Å². The van der Waals surface area contributed by atoms with Gasteiger partial charge < -0.3 is 14.5 Å². The van der Waals surface area contributed by atoms with Gasteiger partial charge in [-0.15, -0.1) is 0 Å². The van der Waals surface area contributed by atoms with Crippen molar-refractivity contribution in [3.8, 4) is 23.2 Å². The summed E-state index contributed by atoms with van der Waals surface area (Å²) >= 11 is 0. The van der Waals surface area contributed by atoms with Gasteiger partial charge in [0.1, 0.15) is 18.3 Å². The quantitative estimate of drug-likeness (QED) is 0.397. The third kappa shape index (κ3) is 4.75. The number of likely N-dealkylation sites (tertiary alicyclic amines) is 1. The maximum absolute atomic E-state index is 14.0. The number of fused-ring (bicyclic) bond motifs is 4. The molecule has 7 rings (SSSR count). The van der Waals surface area contributed by atoms with E-state index >= 15 is 0 Å². The molecular weight excluding hydrogens is 533 g/mol. The SMILES string of the molecule is C=CC(=O)N1CCN(c2nc(OC[C@@H]3C[C@@H](F)CN3C)nc3cc(-c4cccc5c4C4CC4C5)cnc23)C[C@@H]1CC#N. The Kier molecular flexibility index (Phi) is 6.77. The molecule has 2 aromatic heterocycles. The van der Waals surface area contributed by atoms with E-state index in [1.54, 1.807) is 4.90 Å². The normalized spacial score (nSPS) is 26.5. The minimum Gasteiger partial charge on any atom is -0.462 e. The summed E-state index contributed by atoms with van der Waals surface area (Å²) in [6, 6.07) is 10.7. The predicted molar refractivity (Wildman–Crippen MR) is 157 cm³/mol. The number of piperazine rings is 1. The molecule has 3 aromatic rings. The number of amides is 1. The molecule has 5 atom stereocenters. The Morgan fingerprint density at radius 1 is 1.24 bits per heavy atom. The van der Waals surface area contributed by atoms with Gasteiger partial charge in [0.15, 0.2) is 5.82 Å². The first-order valence-electron chi connectivity index (χ1n) is 14.8. The lowest BCUT2D eigenvalue weighted by Gasteiger charge is -2.40. The van der Waals surface area contributed by atoms with Crippen LogP contribution in [0, 0.1) is 17.2 Å². The molecule has 4 heterocycles. The van der Waals surface area contributed by atoms with Crippen LogP contribution in [0.25, 0.3) is 22.2 Å². The molecule has 9 nitrogen and oxygen atoms in total. The van der Waals surface area contributed by atoms with E-state index in [2.05, 4.69) is 41.8 Å². The van der Waals surface area contributed by atoms with Gasteiger partial charge >= 0.3 is 6.01 Å². The molecule has 2 saturated heterocycles. The van der Waals surface area contributed by atoms with Crippen molar-refractivity contribution in [1.82, 2.24) is 24.8 Å². The summed E-state index contributed by atoms with van der Waals surface area (Å²) in [5.41, 5.74) is 6.41.